The Morgan fingerprint density at radius 3 is 1.29 bits per heavy atom. The van der Waals surface area contributed by atoms with E-state index in [9.17, 15) is 62.6 Å². The predicted molar refractivity (Wildman–Crippen MR) is 35.7 cm³/mol. The molecule has 0 aromatic carbocycles. The summed E-state index contributed by atoms with van der Waals surface area (Å²) in [5.41, 5.74) is 0. The normalized spacial score (nSPS) is 15.5. The van der Waals surface area contributed by atoms with Crippen molar-refractivity contribution < 1.29 is 62.6 Å². The lowest BCUT2D eigenvalue weighted by Crippen LogP contribution is -2.71. The van der Waals surface area contributed by atoms with E-state index in [1.54, 1.807) is 0 Å². The first-order chi connectivity index (χ1) is 8.89. The van der Waals surface area contributed by atoms with Crippen molar-refractivity contribution in [2.75, 3.05) is 0 Å². The van der Waals surface area contributed by atoms with E-state index in [1.807, 2.05) is 0 Å². The van der Waals surface area contributed by atoms with Crippen molar-refractivity contribution in [1.29, 1.82) is 0 Å². The lowest BCUT2D eigenvalue weighted by molar-refractivity contribution is -0.421. The van der Waals surface area contributed by atoms with Crippen LogP contribution in [0, 0.1) is 0 Å². The zero-order valence-electron chi connectivity index (χ0n) is 8.93. The Morgan fingerprint density at radius 2 is 1.05 bits per heavy atom. The number of rotatable bonds is 6. The summed E-state index contributed by atoms with van der Waals surface area (Å²) < 4.78 is 147. The molecule has 0 saturated heterocycles. The fourth-order valence-electron chi connectivity index (χ4n) is 0.869. The molecule has 126 valence electrons. The van der Waals surface area contributed by atoms with Crippen LogP contribution in [0.3, 0.4) is 0 Å². The highest BCUT2D eigenvalue weighted by Crippen LogP contribution is 2.57. The van der Waals surface area contributed by atoms with Crippen molar-refractivity contribution in [1.82, 2.24) is 0 Å². The average Bonchev–Trinajstić information content (AvgIpc) is 2.27. The Kier molecular flexibility index (Phi) is 4.51. The maximum atomic E-state index is 12.6. The molecule has 0 spiro atoms. The molecule has 14 heteroatoms. The van der Waals surface area contributed by atoms with Gasteiger partial charge in [0.25, 0.3) is 0 Å². The molecular weight excluding hydrogens is 344 g/mol. The Hall–Kier alpha value is -1.37. The van der Waals surface area contributed by atoms with E-state index < -0.39 is 42.0 Å². The van der Waals surface area contributed by atoms with Gasteiger partial charge >= 0.3 is 36.0 Å². The third-order valence-corrected chi connectivity index (χ3v) is 2.13. The molecule has 21 heavy (non-hydrogen) atoms. The monoisotopic (exact) mass is 345 g/mol. The number of halogens is 12. The first-order valence-corrected chi connectivity index (χ1v) is 4.27. The van der Waals surface area contributed by atoms with Gasteiger partial charge in [0, 0.05) is 0 Å². The minimum Gasteiger partial charge on any atom is -0.544 e. The first kappa shape index (κ1) is 19.6. The van der Waals surface area contributed by atoms with E-state index in [2.05, 4.69) is 0 Å². The molecule has 0 radical (unpaired) electrons. The molecule has 0 aliphatic carbocycles. The zero-order chi connectivity index (χ0) is 17.7. The molecule has 0 aliphatic heterocycles. The highest BCUT2D eigenvalue weighted by atomic mass is 19.4. The molecule has 0 amide bonds. The maximum absolute atomic E-state index is 12.6. The SMILES string of the molecule is O=C([O-])C(F)(F)C(F)(F)C(F)(F)C(F)(F)C(F)(F)C(F)F. The second-order valence-electron chi connectivity index (χ2n) is 3.51. The van der Waals surface area contributed by atoms with Crippen LogP contribution in [-0.4, -0.2) is 42.0 Å². The van der Waals surface area contributed by atoms with Gasteiger partial charge in [-0.3, -0.25) is 0 Å². The van der Waals surface area contributed by atoms with E-state index >= 15 is 0 Å². The number of carbonyl (C=O) groups excluding carboxylic acids is 1. The average molecular weight is 345 g/mol. The van der Waals surface area contributed by atoms with Crippen LogP contribution in [-0.2, 0) is 4.79 Å². The van der Waals surface area contributed by atoms with Crippen molar-refractivity contribution in [2.45, 2.75) is 36.0 Å². The molecule has 0 aliphatic rings. The van der Waals surface area contributed by atoms with Crippen LogP contribution in [0.2, 0.25) is 0 Å². The second-order valence-corrected chi connectivity index (χ2v) is 3.51. The van der Waals surface area contributed by atoms with Gasteiger partial charge in [-0.2, -0.15) is 43.9 Å². The summed E-state index contributed by atoms with van der Waals surface area (Å²) in [5.74, 6) is -41.7. The predicted octanol–water partition coefficient (Wildman–Crippen LogP) is 2.18. The summed E-state index contributed by atoms with van der Waals surface area (Å²) in [6, 6.07) is 0. The van der Waals surface area contributed by atoms with Crippen LogP contribution >= 0.6 is 0 Å². The standard InChI is InChI=1S/C7H2F12O2/c8-1(9)3(10,11)5(14,15)7(18,19)6(16,17)4(12,13)2(20)21/h1H,(H,20,21)/p-1. The van der Waals surface area contributed by atoms with Crippen LogP contribution in [0.15, 0.2) is 0 Å². The molecule has 0 saturated carbocycles. The molecule has 0 aromatic rings. The third kappa shape index (κ3) is 2.37. The summed E-state index contributed by atoms with van der Waals surface area (Å²) >= 11 is 0. The Balaban J connectivity index is 6.15. The van der Waals surface area contributed by atoms with Gasteiger partial charge in [-0.15, -0.1) is 0 Å². The molecule has 2 nitrogen and oxygen atoms in total. The van der Waals surface area contributed by atoms with E-state index in [-0.39, 0.29) is 0 Å². The van der Waals surface area contributed by atoms with Crippen molar-refractivity contribution in [3.05, 3.63) is 0 Å². The minimum absolute atomic E-state index is 4.30. The van der Waals surface area contributed by atoms with Crippen molar-refractivity contribution in [3.63, 3.8) is 0 Å². The van der Waals surface area contributed by atoms with Gasteiger partial charge in [0.05, 0.1) is 0 Å². The van der Waals surface area contributed by atoms with Crippen molar-refractivity contribution in [3.8, 4) is 0 Å². The van der Waals surface area contributed by atoms with Crippen LogP contribution in [0.4, 0.5) is 52.7 Å². The smallest absolute Gasteiger partial charge is 0.385 e. The largest absolute Gasteiger partial charge is 0.544 e. The van der Waals surface area contributed by atoms with Gasteiger partial charge in [0.2, 0.25) is 0 Å². The summed E-state index contributed by atoms with van der Waals surface area (Å²) in [6.45, 7) is 0. The van der Waals surface area contributed by atoms with Crippen LogP contribution in [0.1, 0.15) is 0 Å². The topological polar surface area (TPSA) is 40.1 Å². The molecular formula is C7HF12O2-. The highest BCUT2D eigenvalue weighted by molar-refractivity contribution is 5.75. The van der Waals surface area contributed by atoms with Gasteiger partial charge in [0.1, 0.15) is 5.97 Å². The number of hydrogen-bond acceptors (Lipinski definition) is 2. The van der Waals surface area contributed by atoms with Gasteiger partial charge in [0.15, 0.2) is 0 Å². The lowest BCUT2D eigenvalue weighted by atomic mass is 9.94. The van der Waals surface area contributed by atoms with Gasteiger partial charge < -0.3 is 9.90 Å². The Labute approximate surface area is 106 Å². The second kappa shape index (κ2) is 4.83. The summed E-state index contributed by atoms with van der Waals surface area (Å²) in [6.07, 6.45) is -5.63. The summed E-state index contributed by atoms with van der Waals surface area (Å²) in [4.78, 5) is 9.57. The van der Waals surface area contributed by atoms with Gasteiger partial charge in [-0.05, 0) is 0 Å². The number of carbonyl (C=O) groups is 1. The summed E-state index contributed by atoms with van der Waals surface area (Å²) in [7, 11) is 0. The molecule has 0 atom stereocenters. The summed E-state index contributed by atoms with van der Waals surface area (Å²) in [5, 5.41) is 9.57. The van der Waals surface area contributed by atoms with E-state index in [4.69, 9.17) is 0 Å². The van der Waals surface area contributed by atoms with Crippen LogP contribution in [0.25, 0.3) is 0 Å². The van der Waals surface area contributed by atoms with Crippen molar-refractivity contribution >= 4 is 5.97 Å². The minimum atomic E-state index is -7.84. The number of alkyl halides is 12. The molecule has 0 unspecified atom stereocenters. The number of carboxylic acids is 1. The fraction of sp³-hybridized carbons (Fsp3) is 0.857. The number of aliphatic carboxylic acids is 1. The van der Waals surface area contributed by atoms with Gasteiger partial charge in [-0.25, -0.2) is 8.78 Å². The van der Waals surface area contributed by atoms with E-state index in [0.29, 0.717) is 0 Å². The fourth-order valence-corrected chi connectivity index (χ4v) is 0.869. The highest BCUT2D eigenvalue weighted by Gasteiger charge is 2.88. The lowest BCUT2D eigenvalue weighted by Gasteiger charge is -2.39. The molecule has 0 bridgehead atoms. The van der Waals surface area contributed by atoms with E-state index in [1.165, 1.54) is 0 Å². The number of hydrogen-bond donors (Lipinski definition) is 0. The maximum Gasteiger partial charge on any atom is 0.385 e. The van der Waals surface area contributed by atoms with E-state index in [0.717, 1.165) is 0 Å². The van der Waals surface area contributed by atoms with Gasteiger partial charge in [-0.1, -0.05) is 0 Å². The quantitative estimate of drug-likeness (QED) is 0.693. The van der Waals surface area contributed by atoms with Crippen LogP contribution in [0.5, 0.6) is 0 Å². The molecule has 0 rings (SSSR count). The third-order valence-electron chi connectivity index (χ3n) is 2.13. The van der Waals surface area contributed by atoms with Crippen molar-refractivity contribution in [2.24, 2.45) is 0 Å². The first-order valence-electron chi connectivity index (χ1n) is 4.27. The molecule has 0 fully saturated rings. The Bertz CT molecular complexity index is 414. The number of carboxylic acid groups (broad SMARTS) is 1. The Morgan fingerprint density at radius 1 is 0.714 bits per heavy atom. The molecule has 0 aromatic heterocycles. The zero-order valence-corrected chi connectivity index (χ0v) is 8.93. The molecule has 0 heterocycles. The van der Waals surface area contributed by atoms with Crippen LogP contribution < -0.4 is 5.11 Å². The molecule has 0 N–H and O–H groups in total.